The summed E-state index contributed by atoms with van der Waals surface area (Å²) >= 11 is 1.74. The Morgan fingerprint density at radius 3 is 2.66 bits per heavy atom. The predicted octanol–water partition coefficient (Wildman–Crippen LogP) is 2.64. The first-order chi connectivity index (χ1) is 15.7. The largest absolute Gasteiger partial charge is 0.486 e. The zero-order valence-electron chi connectivity index (χ0n) is 18.4. The van der Waals surface area contributed by atoms with E-state index < -0.39 is 0 Å². The molecule has 2 aromatic rings. The van der Waals surface area contributed by atoms with E-state index in [9.17, 15) is 4.79 Å². The van der Waals surface area contributed by atoms with Gasteiger partial charge in [-0.15, -0.1) is 11.3 Å². The van der Waals surface area contributed by atoms with Crippen LogP contribution in [0.5, 0.6) is 11.5 Å². The highest BCUT2D eigenvalue weighted by molar-refractivity contribution is 7.15. The quantitative estimate of drug-likeness (QED) is 0.708. The molecule has 3 aliphatic heterocycles. The molecule has 1 aromatic heterocycles. The van der Waals surface area contributed by atoms with Crippen molar-refractivity contribution in [2.45, 2.75) is 38.3 Å². The number of hydrogen-bond donors (Lipinski definition) is 0. The summed E-state index contributed by atoms with van der Waals surface area (Å²) < 4.78 is 11.4. The van der Waals surface area contributed by atoms with Crippen molar-refractivity contribution in [2.75, 3.05) is 52.5 Å². The standard InChI is InChI=1S/C24H30N4O3S/c29-23(28-10-8-27(9-11-28)18-2-1-3-18)16-26-7-6-19-22(15-26)32-24(25-19)17-4-5-20-21(14-17)31-13-12-30-20/h4-5,14,18H,1-3,6-13,15-16H2. The Kier molecular flexibility index (Phi) is 5.53. The monoisotopic (exact) mass is 454 g/mol. The summed E-state index contributed by atoms with van der Waals surface area (Å²) in [4.78, 5) is 26.1. The van der Waals surface area contributed by atoms with Crippen molar-refractivity contribution in [1.82, 2.24) is 19.7 Å². The number of benzene rings is 1. The molecule has 2 fully saturated rings. The Hall–Kier alpha value is -2.16. The molecule has 0 N–H and O–H groups in total. The molecule has 1 saturated heterocycles. The number of amides is 1. The lowest BCUT2D eigenvalue weighted by Gasteiger charge is -2.43. The Morgan fingerprint density at radius 1 is 1.06 bits per heavy atom. The minimum absolute atomic E-state index is 0.276. The van der Waals surface area contributed by atoms with Crippen molar-refractivity contribution in [3.8, 4) is 22.1 Å². The maximum absolute atomic E-state index is 12.9. The molecule has 7 nitrogen and oxygen atoms in total. The number of nitrogens with zero attached hydrogens (tertiary/aromatic N) is 4. The highest BCUT2D eigenvalue weighted by Gasteiger charge is 2.30. The maximum atomic E-state index is 12.9. The summed E-state index contributed by atoms with van der Waals surface area (Å²) in [6, 6.07) is 6.84. The lowest BCUT2D eigenvalue weighted by Crippen LogP contribution is -2.55. The zero-order chi connectivity index (χ0) is 21.5. The summed E-state index contributed by atoms with van der Waals surface area (Å²) in [6.07, 6.45) is 4.95. The van der Waals surface area contributed by atoms with Gasteiger partial charge in [-0.25, -0.2) is 4.98 Å². The van der Waals surface area contributed by atoms with Gasteiger partial charge in [0.25, 0.3) is 0 Å². The zero-order valence-corrected chi connectivity index (χ0v) is 19.2. The van der Waals surface area contributed by atoms with E-state index in [0.717, 1.165) is 73.8 Å². The fourth-order valence-electron chi connectivity index (χ4n) is 5.06. The van der Waals surface area contributed by atoms with Crippen LogP contribution in [0.4, 0.5) is 0 Å². The van der Waals surface area contributed by atoms with Gasteiger partial charge in [0.15, 0.2) is 11.5 Å². The topological polar surface area (TPSA) is 58.1 Å². The normalized spacial score (nSPS) is 21.8. The Morgan fingerprint density at radius 2 is 1.88 bits per heavy atom. The van der Waals surface area contributed by atoms with E-state index in [1.807, 2.05) is 12.1 Å². The molecule has 0 bridgehead atoms. The third-order valence-corrected chi connectivity index (χ3v) is 8.35. The third-order valence-electron chi connectivity index (χ3n) is 7.22. The first-order valence-electron chi connectivity index (χ1n) is 11.9. The number of carbonyl (C=O) groups excluding carboxylic acids is 1. The molecule has 4 aliphatic rings. The maximum Gasteiger partial charge on any atom is 0.236 e. The van der Waals surface area contributed by atoms with Gasteiger partial charge in [0.05, 0.1) is 12.2 Å². The Balaban J connectivity index is 1.07. The third kappa shape index (κ3) is 4.00. The number of hydrogen-bond acceptors (Lipinski definition) is 7. The first kappa shape index (κ1) is 20.4. The molecule has 0 unspecified atom stereocenters. The molecule has 1 saturated carbocycles. The summed E-state index contributed by atoms with van der Waals surface area (Å²) in [5.74, 6) is 1.88. The van der Waals surface area contributed by atoms with Crippen LogP contribution in [0.15, 0.2) is 18.2 Å². The van der Waals surface area contributed by atoms with Gasteiger partial charge < -0.3 is 14.4 Å². The molecule has 1 aliphatic carbocycles. The molecular weight excluding hydrogens is 424 g/mol. The van der Waals surface area contributed by atoms with E-state index in [4.69, 9.17) is 14.5 Å². The molecule has 1 amide bonds. The van der Waals surface area contributed by atoms with Gasteiger partial charge in [-0.1, -0.05) is 6.42 Å². The van der Waals surface area contributed by atoms with Gasteiger partial charge in [-0.05, 0) is 31.0 Å². The van der Waals surface area contributed by atoms with Crippen LogP contribution in [-0.2, 0) is 17.8 Å². The van der Waals surface area contributed by atoms with Crippen LogP contribution in [0, 0.1) is 0 Å². The van der Waals surface area contributed by atoms with E-state index >= 15 is 0 Å². The summed E-state index contributed by atoms with van der Waals surface area (Å²) in [6.45, 7) is 7.23. The van der Waals surface area contributed by atoms with Crippen LogP contribution < -0.4 is 9.47 Å². The highest BCUT2D eigenvalue weighted by Crippen LogP contribution is 2.37. The number of carbonyl (C=O) groups is 1. The van der Waals surface area contributed by atoms with Crippen LogP contribution in [0.1, 0.15) is 29.8 Å². The summed E-state index contributed by atoms with van der Waals surface area (Å²) in [5.41, 5.74) is 2.25. The fraction of sp³-hybridized carbons (Fsp3) is 0.583. The van der Waals surface area contributed by atoms with Gasteiger partial charge in [-0.3, -0.25) is 14.6 Å². The van der Waals surface area contributed by atoms with Crippen LogP contribution in [0.2, 0.25) is 0 Å². The summed E-state index contributed by atoms with van der Waals surface area (Å²) in [7, 11) is 0. The van der Waals surface area contributed by atoms with E-state index in [1.54, 1.807) is 11.3 Å². The van der Waals surface area contributed by atoms with E-state index in [1.165, 1.54) is 29.8 Å². The van der Waals surface area contributed by atoms with Gasteiger partial charge in [0, 0.05) is 62.2 Å². The van der Waals surface area contributed by atoms with Gasteiger partial charge in [0.1, 0.15) is 18.2 Å². The molecule has 8 heteroatoms. The number of thiazole rings is 1. The van der Waals surface area contributed by atoms with Crippen molar-refractivity contribution in [1.29, 1.82) is 0 Å². The lowest BCUT2D eigenvalue weighted by atomic mass is 9.91. The molecule has 4 heterocycles. The molecule has 1 aromatic carbocycles. The Labute approximate surface area is 192 Å². The molecule has 32 heavy (non-hydrogen) atoms. The van der Waals surface area contributed by atoms with Crippen LogP contribution in [0.3, 0.4) is 0 Å². The second-order valence-electron chi connectivity index (χ2n) is 9.21. The minimum atomic E-state index is 0.276. The molecule has 0 spiro atoms. The number of fused-ring (bicyclic) bond motifs is 2. The molecule has 0 radical (unpaired) electrons. The molecular formula is C24H30N4O3S. The van der Waals surface area contributed by atoms with Gasteiger partial charge >= 0.3 is 0 Å². The predicted molar refractivity (Wildman–Crippen MR) is 123 cm³/mol. The Bertz CT molecular complexity index is 997. The van der Waals surface area contributed by atoms with Crippen LogP contribution >= 0.6 is 11.3 Å². The van der Waals surface area contributed by atoms with E-state index in [-0.39, 0.29) is 5.91 Å². The first-order valence-corrected chi connectivity index (χ1v) is 12.7. The highest BCUT2D eigenvalue weighted by atomic mass is 32.1. The van der Waals surface area contributed by atoms with Gasteiger partial charge in [-0.2, -0.15) is 0 Å². The van der Waals surface area contributed by atoms with Crippen LogP contribution in [0.25, 0.3) is 10.6 Å². The van der Waals surface area contributed by atoms with E-state index in [0.29, 0.717) is 19.8 Å². The van der Waals surface area contributed by atoms with Crippen molar-refractivity contribution in [3.63, 3.8) is 0 Å². The second kappa shape index (κ2) is 8.65. The second-order valence-corrected chi connectivity index (χ2v) is 10.3. The van der Waals surface area contributed by atoms with Crippen molar-refractivity contribution >= 4 is 17.2 Å². The molecule has 0 atom stereocenters. The smallest absolute Gasteiger partial charge is 0.236 e. The van der Waals surface area contributed by atoms with Crippen molar-refractivity contribution in [3.05, 3.63) is 28.8 Å². The van der Waals surface area contributed by atoms with Gasteiger partial charge in [0.2, 0.25) is 5.91 Å². The SMILES string of the molecule is O=C(CN1CCc2nc(-c3ccc4c(c3)OCCO4)sc2C1)N1CCN(C2CCC2)CC1. The average Bonchev–Trinajstić information content (AvgIpc) is 3.21. The number of aromatic nitrogens is 1. The van der Waals surface area contributed by atoms with Crippen molar-refractivity contribution < 1.29 is 14.3 Å². The number of piperazine rings is 1. The fourth-order valence-corrected chi connectivity index (χ4v) is 6.21. The number of rotatable bonds is 4. The average molecular weight is 455 g/mol. The summed E-state index contributed by atoms with van der Waals surface area (Å²) in [5, 5.41) is 1.02. The van der Waals surface area contributed by atoms with E-state index in [2.05, 4.69) is 20.8 Å². The lowest BCUT2D eigenvalue weighted by molar-refractivity contribution is -0.135. The molecule has 6 rings (SSSR count). The van der Waals surface area contributed by atoms with Crippen LogP contribution in [-0.4, -0.2) is 84.1 Å². The minimum Gasteiger partial charge on any atom is -0.486 e. The molecule has 170 valence electrons. The van der Waals surface area contributed by atoms with Crippen molar-refractivity contribution in [2.24, 2.45) is 0 Å². The number of ether oxygens (including phenoxy) is 2.